The summed E-state index contributed by atoms with van der Waals surface area (Å²) in [7, 11) is 0. The lowest BCUT2D eigenvalue weighted by atomic mass is 9.85. The zero-order chi connectivity index (χ0) is 12.7. The Morgan fingerprint density at radius 3 is 2.94 bits per heavy atom. The number of hydrogen-bond donors (Lipinski definition) is 0. The van der Waals surface area contributed by atoms with Crippen molar-refractivity contribution in [1.29, 1.82) is 0 Å². The number of hydrogen-bond acceptors (Lipinski definition) is 2. The molecule has 2 aliphatic heterocycles. The first-order valence-corrected chi connectivity index (χ1v) is 6.69. The van der Waals surface area contributed by atoms with Crippen LogP contribution < -0.4 is 0 Å². The highest BCUT2D eigenvalue weighted by Crippen LogP contribution is 2.39. The number of rotatable bonds is 2. The number of cyclic esters (lactones) is 1. The molecule has 0 aromatic heterocycles. The molecule has 18 heavy (non-hydrogen) atoms. The molecule has 2 aliphatic rings. The average molecular weight is 245 g/mol. The molecule has 0 bridgehead atoms. The normalized spacial score (nSPS) is 25.9. The molecule has 1 aromatic carbocycles. The predicted molar refractivity (Wildman–Crippen MR) is 69.3 cm³/mol. The molecule has 2 atom stereocenters. The molecular weight excluding hydrogens is 226 g/mol. The van der Waals surface area contributed by atoms with E-state index in [2.05, 4.69) is 38.1 Å². The maximum Gasteiger partial charge on any atom is 0.410 e. The molecule has 1 amide bonds. The topological polar surface area (TPSA) is 29.5 Å². The fourth-order valence-corrected chi connectivity index (χ4v) is 3.15. The third kappa shape index (κ3) is 1.78. The predicted octanol–water partition coefficient (Wildman–Crippen LogP) is 3.15. The number of amides is 1. The van der Waals surface area contributed by atoms with Crippen molar-refractivity contribution in [2.75, 3.05) is 6.61 Å². The van der Waals surface area contributed by atoms with Crippen LogP contribution in [0.1, 0.15) is 37.4 Å². The summed E-state index contributed by atoms with van der Waals surface area (Å²) >= 11 is 0. The molecule has 3 nitrogen and oxygen atoms in total. The second-order valence-electron chi connectivity index (χ2n) is 5.69. The molecule has 3 heteroatoms. The van der Waals surface area contributed by atoms with Crippen molar-refractivity contribution in [2.45, 2.75) is 38.8 Å². The molecule has 0 unspecified atom stereocenters. The Morgan fingerprint density at radius 2 is 2.17 bits per heavy atom. The van der Waals surface area contributed by atoms with Gasteiger partial charge in [-0.1, -0.05) is 38.1 Å². The van der Waals surface area contributed by atoms with Crippen molar-refractivity contribution < 1.29 is 9.53 Å². The van der Waals surface area contributed by atoms with Gasteiger partial charge >= 0.3 is 6.09 Å². The molecule has 1 saturated heterocycles. The fourth-order valence-electron chi connectivity index (χ4n) is 3.15. The smallest absolute Gasteiger partial charge is 0.410 e. The van der Waals surface area contributed by atoms with Gasteiger partial charge in [-0.3, -0.25) is 4.90 Å². The Hall–Kier alpha value is -1.51. The molecule has 0 spiro atoms. The van der Waals surface area contributed by atoms with E-state index in [0.29, 0.717) is 12.5 Å². The average Bonchev–Trinajstić information content (AvgIpc) is 2.70. The summed E-state index contributed by atoms with van der Waals surface area (Å²) in [6.07, 6.45) is 1.79. The van der Waals surface area contributed by atoms with Gasteiger partial charge in [0.2, 0.25) is 0 Å². The van der Waals surface area contributed by atoms with Crippen LogP contribution in [-0.4, -0.2) is 23.6 Å². The van der Waals surface area contributed by atoms with E-state index < -0.39 is 0 Å². The highest BCUT2D eigenvalue weighted by molar-refractivity contribution is 5.71. The quantitative estimate of drug-likeness (QED) is 0.801. The van der Waals surface area contributed by atoms with Crippen molar-refractivity contribution in [1.82, 2.24) is 4.90 Å². The SMILES string of the molecule is CC(C)C[C@@H]1c2ccccc2C[C@H]2COC(=O)N21. The van der Waals surface area contributed by atoms with Crippen LogP contribution in [0.15, 0.2) is 24.3 Å². The van der Waals surface area contributed by atoms with Crippen LogP contribution in [0.25, 0.3) is 0 Å². The lowest BCUT2D eigenvalue weighted by Gasteiger charge is -2.37. The zero-order valence-electron chi connectivity index (χ0n) is 10.9. The molecule has 0 saturated carbocycles. The Kier molecular flexibility index (Phi) is 2.77. The van der Waals surface area contributed by atoms with E-state index in [1.165, 1.54) is 11.1 Å². The number of carbonyl (C=O) groups excluding carboxylic acids is 1. The number of ether oxygens (including phenoxy) is 1. The van der Waals surface area contributed by atoms with E-state index in [9.17, 15) is 4.79 Å². The van der Waals surface area contributed by atoms with Crippen molar-refractivity contribution in [3.63, 3.8) is 0 Å². The van der Waals surface area contributed by atoms with Crippen LogP contribution in [0, 0.1) is 5.92 Å². The summed E-state index contributed by atoms with van der Waals surface area (Å²) in [6.45, 7) is 4.95. The minimum absolute atomic E-state index is 0.139. The molecular formula is C15H19NO2. The molecule has 1 fully saturated rings. The second-order valence-corrected chi connectivity index (χ2v) is 5.69. The van der Waals surface area contributed by atoms with E-state index >= 15 is 0 Å². The van der Waals surface area contributed by atoms with Crippen LogP contribution >= 0.6 is 0 Å². The van der Waals surface area contributed by atoms with Gasteiger partial charge in [-0.05, 0) is 29.9 Å². The number of benzene rings is 1. The van der Waals surface area contributed by atoms with E-state index in [1.54, 1.807) is 0 Å². The molecule has 0 aliphatic carbocycles. The maximum absolute atomic E-state index is 11.9. The van der Waals surface area contributed by atoms with Crippen LogP contribution in [0.2, 0.25) is 0 Å². The minimum Gasteiger partial charge on any atom is -0.447 e. The Bertz CT molecular complexity index is 469. The first-order valence-electron chi connectivity index (χ1n) is 6.69. The molecule has 3 rings (SSSR count). The van der Waals surface area contributed by atoms with Crippen LogP contribution in [-0.2, 0) is 11.2 Å². The summed E-state index contributed by atoms with van der Waals surface area (Å²) in [4.78, 5) is 13.9. The van der Waals surface area contributed by atoms with E-state index in [-0.39, 0.29) is 18.2 Å². The summed E-state index contributed by atoms with van der Waals surface area (Å²) in [5.41, 5.74) is 2.68. The van der Waals surface area contributed by atoms with Gasteiger partial charge in [0.25, 0.3) is 0 Å². The summed E-state index contributed by atoms with van der Waals surface area (Å²) in [6, 6.07) is 8.91. The van der Waals surface area contributed by atoms with Gasteiger partial charge in [0, 0.05) is 0 Å². The third-order valence-corrected chi connectivity index (χ3v) is 3.90. The standard InChI is InChI=1S/C15H19NO2/c1-10(2)7-14-13-6-4-3-5-11(13)8-12-9-18-15(17)16(12)14/h3-6,10,12,14H,7-9H2,1-2H3/t12-,14+/m0/s1. The van der Waals surface area contributed by atoms with Gasteiger partial charge in [0.15, 0.2) is 0 Å². The van der Waals surface area contributed by atoms with E-state index in [4.69, 9.17) is 4.74 Å². The van der Waals surface area contributed by atoms with Crippen LogP contribution in [0.4, 0.5) is 4.79 Å². The first-order chi connectivity index (χ1) is 8.66. The monoisotopic (exact) mass is 245 g/mol. The van der Waals surface area contributed by atoms with Gasteiger partial charge < -0.3 is 4.74 Å². The third-order valence-electron chi connectivity index (χ3n) is 3.90. The van der Waals surface area contributed by atoms with Gasteiger partial charge in [-0.25, -0.2) is 4.79 Å². The van der Waals surface area contributed by atoms with Crippen LogP contribution in [0.3, 0.4) is 0 Å². The van der Waals surface area contributed by atoms with E-state index in [0.717, 1.165) is 12.8 Å². The Morgan fingerprint density at radius 1 is 1.39 bits per heavy atom. The minimum atomic E-state index is -0.139. The van der Waals surface area contributed by atoms with Gasteiger partial charge in [0.05, 0.1) is 12.1 Å². The lowest BCUT2D eigenvalue weighted by Crippen LogP contribution is -2.42. The van der Waals surface area contributed by atoms with Crippen molar-refractivity contribution in [3.8, 4) is 0 Å². The van der Waals surface area contributed by atoms with Gasteiger partial charge in [-0.2, -0.15) is 0 Å². The highest BCUT2D eigenvalue weighted by Gasteiger charge is 2.42. The molecule has 0 radical (unpaired) electrons. The first kappa shape index (κ1) is 11.6. The van der Waals surface area contributed by atoms with Gasteiger partial charge in [0.1, 0.15) is 6.61 Å². The highest BCUT2D eigenvalue weighted by atomic mass is 16.6. The Balaban J connectivity index is 2.02. The molecule has 1 aromatic rings. The van der Waals surface area contributed by atoms with E-state index in [1.807, 2.05) is 4.90 Å². The largest absolute Gasteiger partial charge is 0.447 e. The van der Waals surface area contributed by atoms with Crippen molar-refractivity contribution >= 4 is 6.09 Å². The van der Waals surface area contributed by atoms with Gasteiger partial charge in [-0.15, -0.1) is 0 Å². The second kappa shape index (κ2) is 4.30. The summed E-state index contributed by atoms with van der Waals surface area (Å²) in [5, 5.41) is 0. The summed E-state index contributed by atoms with van der Waals surface area (Å²) in [5.74, 6) is 0.565. The lowest BCUT2D eigenvalue weighted by molar-refractivity contribution is 0.133. The Labute approximate surface area is 108 Å². The summed E-state index contributed by atoms with van der Waals surface area (Å²) < 4.78 is 5.23. The van der Waals surface area contributed by atoms with Crippen LogP contribution in [0.5, 0.6) is 0 Å². The maximum atomic E-state index is 11.9. The molecule has 2 heterocycles. The fraction of sp³-hybridized carbons (Fsp3) is 0.533. The zero-order valence-corrected chi connectivity index (χ0v) is 10.9. The molecule has 96 valence electrons. The number of nitrogens with zero attached hydrogens (tertiary/aromatic N) is 1. The number of carbonyl (C=O) groups is 1. The number of fused-ring (bicyclic) bond motifs is 2. The molecule has 0 N–H and O–H groups in total. The van der Waals surface area contributed by atoms with Crippen molar-refractivity contribution in [2.24, 2.45) is 5.92 Å². The van der Waals surface area contributed by atoms with Crippen molar-refractivity contribution in [3.05, 3.63) is 35.4 Å².